The van der Waals surface area contributed by atoms with Crippen molar-refractivity contribution in [1.82, 2.24) is 0 Å². The van der Waals surface area contributed by atoms with Crippen molar-refractivity contribution in [2.24, 2.45) is 4.99 Å². The van der Waals surface area contributed by atoms with Gasteiger partial charge in [-0.15, -0.1) is 0 Å². The maximum absolute atomic E-state index is 12.4. The number of nitrogens with zero attached hydrogens (tertiary/aromatic N) is 1. The fourth-order valence-corrected chi connectivity index (χ4v) is 1.01. The molecule has 0 amide bonds. The number of alkyl halides is 3. The van der Waals surface area contributed by atoms with Crippen molar-refractivity contribution in [2.45, 2.75) is 6.18 Å². The van der Waals surface area contributed by atoms with Crippen LogP contribution < -0.4 is 4.74 Å². The van der Waals surface area contributed by atoms with Gasteiger partial charge in [-0.2, -0.15) is 13.2 Å². The average Bonchev–Trinajstić information content (AvgIpc) is 2.15. The minimum atomic E-state index is -4.44. The van der Waals surface area contributed by atoms with E-state index >= 15 is 0 Å². The van der Waals surface area contributed by atoms with Gasteiger partial charge in [0, 0.05) is 0 Å². The number of methoxy groups -OCH3 is 1. The molecule has 0 aromatic heterocycles. The van der Waals surface area contributed by atoms with Crippen LogP contribution in [0, 0.1) is 0 Å². The van der Waals surface area contributed by atoms with E-state index in [-0.39, 0.29) is 11.4 Å². The first-order chi connectivity index (χ1) is 6.49. The van der Waals surface area contributed by atoms with Gasteiger partial charge in [0.25, 0.3) is 0 Å². The molecular weight excluding hydrogens is 195 g/mol. The van der Waals surface area contributed by atoms with Gasteiger partial charge in [0.1, 0.15) is 5.75 Å². The maximum Gasteiger partial charge on any atom is 0.418 e. The SMILES string of the molecule is C=Nc1ccc(OC)cc1C(F)(F)F. The van der Waals surface area contributed by atoms with Gasteiger partial charge in [0.15, 0.2) is 0 Å². The van der Waals surface area contributed by atoms with Crippen LogP contribution in [0.5, 0.6) is 5.75 Å². The normalized spacial score (nSPS) is 11.1. The second-order valence-electron chi connectivity index (χ2n) is 2.54. The number of rotatable bonds is 2. The van der Waals surface area contributed by atoms with Gasteiger partial charge in [0.2, 0.25) is 0 Å². The molecule has 0 N–H and O–H groups in total. The Hall–Kier alpha value is -1.52. The van der Waals surface area contributed by atoms with E-state index in [9.17, 15) is 13.2 Å². The van der Waals surface area contributed by atoms with Crippen molar-refractivity contribution in [3.63, 3.8) is 0 Å². The Labute approximate surface area is 79.0 Å². The molecule has 1 aromatic carbocycles. The summed E-state index contributed by atoms with van der Waals surface area (Å²) in [6.07, 6.45) is -4.44. The lowest BCUT2D eigenvalue weighted by Crippen LogP contribution is -2.05. The molecule has 76 valence electrons. The number of benzene rings is 1. The molecular formula is C9H8F3NO. The number of hydrogen-bond acceptors (Lipinski definition) is 2. The van der Waals surface area contributed by atoms with E-state index in [1.165, 1.54) is 19.2 Å². The molecule has 5 heteroatoms. The first-order valence-electron chi connectivity index (χ1n) is 3.71. The third kappa shape index (κ3) is 2.04. The number of halogens is 3. The van der Waals surface area contributed by atoms with Crippen molar-refractivity contribution in [1.29, 1.82) is 0 Å². The lowest BCUT2D eigenvalue weighted by atomic mass is 10.1. The highest BCUT2D eigenvalue weighted by Gasteiger charge is 2.33. The Kier molecular flexibility index (Phi) is 2.78. The fraction of sp³-hybridized carbons (Fsp3) is 0.222. The van der Waals surface area contributed by atoms with Crippen molar-refractivity contribution in [3.8, 4) is 5.75 Å². The molecule has 0 aliphatic carbocycles. The number of hydrogen-bond donors (Lipinski definition) is 0. The van der Waals surface area contributed by atoms with Crippen molar-refractivity contribution in [2.75, 3.05) is 7.11 Å². The van der Waals surface area contributed by atoms with E-state index in [0.29, 0.717) is 0 Å². The molecule has 0 fully saturated rings. The van der Waals surface area contributed by atoms with Crippen molar-refractivity contribution >= 4 is 12.4 Å². The first-order valence-corrected chi connectivity index (χ1v) is 3.71. The van der Waals surface area contributed by atoms with Gasteiger partial charge >= 0.3 is 6.18 Å². The predicted molar refractivity (Wildman–Crippen MR) is 47.2 cm³/mol. The minimum Gasteiger partial charge on any atom is -0.497 e. The van der Waals surface area contributed by atoms with Crippen LogP contribution >= 0.6 is 0 Å². The fourth-order valence-electron chi connectivity index (χ4n) is 1.01. The summed E-state index contributed by atoms with van der Waals surface area (Å²) >= 11 is 0. The van der Waals surface area contributed by atoms with Crippen LogP contribution in [0.2, 0.25) is 0 Å². The molecule has 0 bridgehead atoms. The molecule has 1 rings (SSSR count). The summed E-state index contributed by atoms with van der Waals surface area (Å²) in [5.41, 5.74) is -1.04. The Morgan fingerprint density at radius 2 is 2.00 bits per heavy atom. The molecule has 0 heterocycles. The van der Waals surface area contributed by atoms with Crippen LogP contribution in [-0.4, -0.2) is 13.8 Å². The zero-order valence-corrected chi connectivity index (χ0v) is 7.43. The summed E-state index contributed by atoms with van der Waals surface area (Å²) in [5.74, 6) is 0.143. The molecule has 0 saturated heterocycles. The quantitative estimate of drug-likeness (QED) is 0.677. The molecule has 0 saturated carbocycles. The predicted octanol–water partition coefficient (Wildman–Crippen LogP) is 3.05. The van der Waals surface area contributed by atoms with Crippen LogP contribution in [0.25, 0.3) is 0 Å². The highest BCUT2D eigenvalue weighted by molar-refractivity contribution is 5.55. The van der Waals surface area contributed by atoms with Crippen LogP contribution in [0.15, 0.2) is 23.2 Å². The summed E-state index contributed by atoms with van der Waals surface area (Å²) in [6, 6.07) is 3.51. The maximum atomic E-state index is 12.4. The smallest absolute Gasteiger partial charge is 0.418 e. The van der Waals surface area contributed by atoms with Crippen molar-refractivity contribution in [3.05, 3.63) is 23.8 Å². The second-order valence-corrected chi connectivity index (χ2v) is 2.54. The lowest BCUT2D eigenvalue weighted by Gasteiger charge is -2.10. The van der Waals surface area contributed by atoms with Crippen LogP contribution in [0.4, 0.5) is 18.9 Å². The molecule has 0 aliphatic heterocycles. The summed E-state index contributed by atoms with van der Waals surface area (Å²) in [7, 11) is 1.30. The standard InChI is InChI=1S/C9H8F3NO/c1-13-8-4-3-6(14-2)5-7(8)9(10,11)12/h3-5H,1H2,2H3. The lowest BCUT2D eigenvalue weighted by molar-refractivity contribution is -0.137. The van der Waals surface area contributed by atoms with Gasteiger partial charge in [-0.1, -0.05) is 0 Å². The van der Waals surface area contributed by atoms with Gasteiger partial charge < -0.3 is 4.74 Å². The monoisotopic (exact) mass is 203 g/mol. The highest BCUT2D eigenvalue weighted by atomic mass is 19.4. The van der Waals surface area contributed by atoms with E-state index in [4.69, 9.17) is 0 Å². The Morgan fingerprint density at radius 3 is 2.43 bits per heavy atom. The Morgan fingerprint density at radius 1 is 1.36 bits per heavy atom. The van der Waals surface area contributed by atoms with E-state index in [0.717, 1.165) is 6.07 Å². The summed E-state index contributed by atoms with van der Waals surface area (Å²) in [6.45, 7) is 3.07. The van der Waals surface area contributed by atoms with Gasteiger partial charge in [0.05, 0.1) is 18.4 Å². The van der Waals surface area contributed by atoms with Crippen LogP contribution in [-0.2, 0) is 6.18 Å². The molecule has 0 spiro atoms. The topological polar surface area (TPSA) is 21.6 Å². The largest absolute Gasteiger partial charge is 0.497 e. The van der Waals surface area contributed by atoms with E-state index < -0.39 is 11.7 Å². The molecule has 1 aromatic rings. The van der Waals surface area contributed by atoms with E-state index in [1.807, 2.05) is 0 Å². The summed E-state index contributed by atoms with van der Waals surface area (Å²) in [4.78, 5) is 3.29. The third-order valence-electron chi connectivity index (χ3n) is 1.68. The zero-order valence-electron chi connectivity index (χ0n) is 7.43. The van der Waals surface area contributed by atoms with E-state index in [1.54, 1.807) is 0 Å². The Balaban J connectivity index is 3.29. The molecule has 14 heavy (non-hydrogen) atoms. The van der Waals surface area contributed by atoms with E-state index in [2.05, 4.69) is 16.4 Å². The van der Waals surface area contributed by atoms with Crippen LogP contribution in [0.3, 0.4) is 0 Å². The second kappa shape index (κ2) is 3.69. The van der Waals surface area contributed by atoms with Gasteiger partial charge in [-0.3, -0.25) is 4.99 Å². The summed E-state index contributed by atoms with van der Waals surface area (Å²) < 4.78 is 41.9. The first kappa shape index (κ1) is 10.6. The Bertz CT molecular complexity index is 346. The molecule has 0 atom stereocenters. The van der Waals surface area contributed by atoms with Crippen molar-refractivity contribution < 1.29 is 17.9 Å². The number of ether oxygens (including phenoxy) is 1. The van der Waals surface area contributed by atoms with Gasteiger partial charge in [-0.25, -0.2) is 0 Å². The van der Waals surface area contributed by atoms with Crippen LogP contribution in [0.1, 0.15) is 5.56 Å². The molecule has 2 nitrogen and oxygen atoms in total. The van der Waals surface area contributed by atoms with Gasteiger partial charge in [-0.05, 0) is 24.9 Å². The molecule has 0 aliphatic rings. The summed E-state index contributed by atoms with van der Waals surface area (Å²) in [5, 5.41) is 0. The third-order valence-corrected chi connectivity index (χ3v) is 1.68. The molecule has 0 unspecified atom stereocenters. The molecule has 0 radical (unpaired) electrons. The highest BCUT2D eigenvalue weighted by Crippen LogP contribution is 2.38. The number of aliphatic imine (C=N–C) groups is 1. The minimum absolute atomic E-state index is 0.143. The average molecular weight is 203 g/mol. The zero-order chi connectivity index (χ0) is 10.8.